The topological polar surface area (TPSA) is 73.1 Å². The molecular formula is C21H36IN5O2. The maximum absolute atomic E-state index is 12.5. The minimum Gasteiger partial charge on any atom is -0.464 e. The first kappa shape index (κ1) is 24.0. The van der Waals surface area contributed by atoms with Crippen LogP contribution in [-0.4, -0.2) is 68.0 Å². The summed E-state index contributed by atoms with van der Waals surface area (Å²) in [7, 11) is 1.78. The molecule has 1 atom stereocenters. The van der Waals surface area contributed by atoms with E-state index in [1.807, 2.05) is 19.1 Å². The van der Waals surface area contributed by atoms with Gasteiger partial charge in [0, 0.05) is 52.2 Å². The Morgan fingerprint density at radius 1 is 1.24 bits per heavy atom. The maximum atomic E-state index is 12.5. The van der Waals surface area contributed by atoms with Crippen LogP contribution in [0.1, 0.15) is 50.2 Å². The second-order valence-electron chi connectivity index (χ2n) is 7.96. The SMILES string of the molecule is CN=C(NCCN1CCN(C(=O)C2CCCC2)CC1)NC(C)c1ccc(C)o1.I. The van der Waals surface area contributed by atoms with E-state index in [4.69, 9.17) is 4.42 Å². The van der Waals surface area contributed by atoms with Crippen LogP contribution in [-0.2, 0) is 4.79 Å². The quantitative estimate of drug-likeness (QED) is 0.345. The van der Waals surface area contributed by atoms with Gasteiger partial charge in [-0.2, -0.15) is 0 Å². The minimum atomic E-state index is 0. The Bertz CT molecular complexity index is 664. The maximum Gasteiger partial charge on any atom is 0.225 e. The van der Waals surface area contributed by atoms with E-state index < -0.39 is 0 Å². The molecule has 2 aliphatic rings. The van der Waals surface area contributed by atoms with Crippen LogP contribution in [0.4, 0.5) is 0 Å². The molecule has 8 heteroatoms. The fraction of sp³-hybridized carbons (Fsp3) is 0.714. The molecule has 2 fully saturated rings. The van der Waals surface area contributed by atoms with Crippen molar-refractivity contribution in [3.63, 3.8) is 0 Å². The molecule has 1 unspecified atom stereocenters. The number of carbonyl (C=O) groups is 1. The lowest BCUT2D eigenvalue weighted by Crippen LogP contribution is -2.52. The van der Waals surface area contributed by atoms with Crippen LogP contribution in [0.5, 0.6) is 0 Å². The average molecular weight is 517 g/mol. The zero-order chi connectivity index (χ0) is 19.9. The standard InChI is InChI=1S/C21H35N5O2.HI/c1-16-8-9-19(28-16)17(2)24-21(22-3)23-10-11-25-12-14-26(15-13-25)20(27)18-6-4-5-7-18;/h8-9,17-18H,4-7,10-15H2,1-3H3,(H2,22,23,24);1H. The van der Waals surface area contributed by atoms with Gasteiger partial charge in [0.2, 0.25) is 5.91 Å². The Balaban J connectivity index is 0.00000300. The van der Waals surface area contributed by atoms with E-state index in [1.165, 1.54) is 12.8 Å². The first-order valence-electron chi connectivity index (χ1n) is 10.6. The highest BCUT2D eigenvalue weighted by atomic mass is 127. The molecule has 0 radical (unpaired) electrons. The molecule has 3 rings (SSSR count). The van der Waals surface area contributed by atoms with Crippen molar-refractivity contribution in [2.24, 2.45) is 10.9 Å². The Labute approximate surface area is 191 Å². The summed E-state index contributed by atoms with van der Waals surface area (Å²) in [6, 6.07) is 4.03. The fourth-order valence-corrected chi connectivity index (χ4v) is 4.11. The smallest absolute Gasteiger partial charge is 0.225 e. The summed E-state index contributed by atoms with van der Waals surface area (Å²) in [5, 5.41) is 6.74. The number of guanidine groups is 1. The summed E-state index contributed by atoms with van der Waals surface area (Å²) in [4.78, 5) is 21.3. The predicted octanol–water partition coefficient (Wildman–Crippen LogP) is 2.77. The van der Waals surface area contributed by atoms with Crippen molar-refractivity contribution in [2.75, 3.05) is 46.3 Å². The zero-order valence-electron chi connectivity index (χ0n) is 17.9. The highest BCUT2D eigenvalue weighted by Gasteiger charge is 2.29. The van der Waals surface area contributed by atoms with Crippen LogP contribution in [0.3, 0.4) is 0 Å². The van der Waals surface area contributed by atoms with E-state index in [9.17, 15) is 4.79 Å². The number of aliphatic imine (C=N–C) groups is 1. The number of aryl methyl sites for hydroxylation is 1. The second kappa shape index (κ2) is 11.8. The van der Waals surface area contributed by atoms with Gasteiger partial charge in [-0.05, 0) is 38.8 Å². The molecule has 7 nitrogen and oxygen atoms in total. The molecule has 1 saturated carbocycles. The van der Waals surface area contributed by atoms with Crippen LogP contribution >= 0.6 is 24.0 Å². The van der Waals surface area contributed by atoms with Crippen LogP contribution in [0.15, 0.2) is 21.5 Å². The molecule has 0 bridgehead atoms. The van der Waals surface area contributed by atoms with Crippen molar-refractivity contribution in [1.82, 2.24) is 20.4 Å². The summed E-state index contributed by atoms with van der Waals surface area (Å²) < 4.78 is 5.67. The van der Waals surface area contributed by atoms with Gasteiger partial charge < -0.3 is 20.0 Å². The van der Waals surface area contributed by atoms with Crippen molar-refractivity contribution in [3.05, 3.63) is 23.7 Å². The van der Waals surface area contributed by atoms with Gasteiger partial charge in [-0.15, -0.1) is 24.0 Å². The highest BCUT2D eigenvalue weighted by Crippen LogP contribution is 2.26. The third-order valence-electron chi connectivity index (χ3n) is 5.87. The lowest BCUT2D eigenvalue weighted by molar-refractivity contribution is -0.137. The number of halogens is 1. The zero-order valence-corrected chi connectivity index (χ0v) is 20.3. The molecular weight excluding hydrogens is 481 g/mol. The van der Waals surface area contributed by atoms with Crippen LogP contribution < -0.4 is 10.6 Å². The van der Waals surface area contributed by atoms with Crippen molar-refractivity contribution in [3.8, 4) is 0 Å². The number of furan rings is 1. The highest BCUT2D eigenvalue weighted by molar-refractivity contribution is 14.0. The summed E-state index contributed by atoms with van der Waals surface area (Å²) in [5.41, 5.74) is 0. The van der Waals surface area contributed by atoms with Crippen molar-refractivity contribution >= 4 is 35.8 Å². The van der Waals surface area contributed by atoms with E-state index in [0.717, 1.165) is 69.6 Å². The molecule has 1 amide bonds. The molecule has 1 aliphatic heterocycles. The number of piperazine rings is 1. The van der Waals surface area contributed by atoms with Crippen LogP contribution in [0.25, 0.3) is 0 Å². The number of carbonyl (C=O) groups excluding carboxylic acids is 1. The number of hydrogen-bond donors (Lipinski definition) is 2. The third-order valence-corrected chi connectivity index (χ3v) is 5.87. The van der Waals surface area contributed by atoms with Crippen molar-refractivity contribution < 1.29 is 9.21 Å². The molecule has 164 valence electrons. The van der Waals surface area contributed by atoms with E-state index in [-0.39, 0.29) is 30.0 Å². The monoisotopic (exact) mass is 517 g/mol. The molecule has 2 heterocycles. The van der Waals surface area contributed by atoms with Crippen LogP contribution in [0.2, 0.25) is 0 Å². The van der Waals surface area contributed by atoms with Gasteiger partial charge in [-0.3, -0.25) is 14.7 Å². The number of hydrogen-bond acceptors (Lipinski definition) is 4. The fourth-order valence-electron chi connectivity index (χ4n) is 4.11. The second-order valence-corrected chi connectivity index (χ2v) is 7.96. The first-order valence-corrected chi connectivity index (χ1v) is 10.6. The Kier molecular flexibility index (Phi) is 9.74. The van der Waals surface area contributed by atoms with Gasteiger partial charge >= 0.3 is 0 Å². The van der Waals surface area contributed by atoms with Gasteiger partial charge in [0.05, 0.1) is 6.04 Å². The number of nitrogens with zero attached hydrogens (tertiary/aromatic N) is 3. The molecule has 0 spiro atoms. The summed E-state index contributed by atoms with van der Waals surface area (Å²) >= 11 is 0. The van der Waals surface area contributed by atoms with Gasteiger partial charge in [0.15, 0.2) is 5.96 Å². The van der Waals surface area contributed by atoms with E-state index in [2.05, 4.69) is 32.3 Å². The van der Waals surface area contributed by atoms with Crippen molar-refractivity contribution in [2.45, 2.75) is 45.6 Å². The van der Waals surface area contributed by atoms with Crippen molar-refractivity contribution in [1.29, 1.82) is 0 Å². The number of rotatable bonds is 6. The lowest BCUT2D eigenvalue weighted by Gasteiger charge is -2.36. The first-order chi connectivity index (χ1) is 13.6. The number of nitrogens with one attached hydrogen (secondary N) is 2. The Morgan fingerprint density at radius 3 is 2.52 bits per heavy atom. The molecule has 1 aliphatic carbocycles. The molecule has 1 aromatic heterocycles. The normalized spacial score (nSPS) is 19.7. The lowest BCUT2D eigenvalue weighted by atomic mass is 10.1. The van der Waals surface area contributed by atoms with Gasteiger partial charge in [-0.25, -0.2) is 0 Å². The van der Waals surface area contributed by atoms with Gasteiger partial charge in [-0.1, -0.05) is 12.8 Å². The van der Waals surface area contributed by atoms with Gasteiger partial charge in [0.25, 0.3) is 0 Å². The predicted molar refractivity (Wildman–Crippen MR) is 127 cm³/mol. The van der Waals surface area contributed by atoms with E-state index in [0.29, 0.717) is 11.8 Å². The molecule has 1 saturated heterocycles. The summed E-state index contributed by atoms with van der Waals surface area (Å²) in [5.74, 6) is 3.28. The molecule has 29 heavy (non-hydrogen) atoms. The van der Waals surface area contributed by atoms with Gasteiger partial charge in [0.1, 0.15) is 11.5 Å². The molecule has 0 aromatic carbocycles. The molecule has 1 aromatic rings. The van der Waals surface area contributed by atoms with Crippen LogP contribution in [0, 0.1) is 12.8 Å². The molecule has 2 N–H and O–H groups in total. The Hall–Kier alpha value is -1.29. The summed E-state index contributed by atoms with van der Waals surface area (Å²) in [6.07, 6.45) is 4.61. The van der Waals surface area contributed by atoms with E-state index >= 15 is 0 Å². The third kappa shape index (κ3) is 6.87. The Morgan fingerprint density at radius 2 is 1.93 bits per heavy atom. The largest absolute Gasteiger partial charge is 0.464 e. The minimum absolute atomic E-state index is 0. The number of amides is 1. The average Bonchev–Trinajstić information content (AvgIpc) is 3.39. The summed E-state index contributed by atoms with van der Waals surface area (Å²) in [6.45, 7) is 9.40. The van der Waals surface area contributed by atoms with E-state index in [1.54, 1.807) is 7.05 Å².